The molecule has 0 atom stereocenters. The lowest BCUT2D eigenvalue weighted by Gasteiger charge is -2.11. The van der Waals surface area contributed by atoms with E-state index in [0.29, 0.717) is 4.47 Å². The minimum absolute atomic E-state index is 0.0613. The maximum Gasteiger partial charge on any atom is 0.387 e. The summed E-state index contributed by atoms with van der Waals surface area (Å²) in [6.07, 6.45) is 0. The summed E-state index contributed by atoms with van der Waals surface area (Å²) in [7, 11) is -4.14. The Morgan fingerprint density at radius 3 is 2.31 bits per heavy atom. The first-order valence-corrected chi connectivity index (χ1v) is 6.81. The van der Waals surface area contributed by atoms with Crippen LogP contribution in [0.3, 0.4) is 0 Å². The highest BCUT2D eigenvalue weighted by atomic mass is 79.9. The molecule has 4 nitrogen and oxygen atoms in total. The molecule has 0 aliphatic carbocycles. The van der Waals surface area contributed by atoms with Crippen LogP contribution in [-0.2, 0) is 10.0 Å². The predicted molar refractivity (Wildman–Crippen MR) is 59.8 cm³/mol. The number of alkyl halides is 2. The van der Waals surface area contributed by atoms with Crippen LogP contribution in [0.2, 0.25) is 0 Å². The zero-order valence-corrected chi connectivity index (χ0v) is 11.4. The number of sulfonamides is 1. The topological polar surface area (TPSA) is 69.4 Å². The van der Waals surface area contributed by atoms with Crippen LogP contribution in [0.4, 0.5) is 8.78 Å². The number of ether oxygens (including phenoxy) is 1. The van der Waals surface area contributed by atoms with Crippen molar-refractivity contribution in [3.8, 4) is 5.75 Å². The van der Waals surface area contributed by atoms with Gasteiger partial charge in [-0.15, -0.1) is 0 Å². The first-order chi connectivity index (χ1) is 7.21. The summed E-state index contributed by atoms with van der Waals surface area (Å²) in [6, 6.07) is 2.45. The van der Waals surface area contributed by atoms with E-state index < -0.39 is 27.3 Å². The Balaban J connectivity index is 3.45. The summed E-state index contributed by atoms with van der Waals surface area (Å²) in [4.78, 5) is -0.519. The molecule has 1 aromatic rings. The number of primary sulfonamides is 1. The lowest BCUT2D eigenvalue weighted by atomic mass is 10.3. The third kappa shape index (κ3) is 3.37. The summed E-state index contributed by atoms with van der Waals surface area (Å²) in [5, 5.41) is 4.88. The second-order valence-corrected chi connectivity index (χ2v) is 5.94. The van der Waals surface area contributed by atoms with Crippen LogP contribution in [-0.4, -0.2) is 15.0 Å². The van der Waals surface area contributed by atoms with Crippen LogP contribution in [0, 0.1) is 0 Å². The summed E-state index contributed by atoms with van der Waals surface area (Å²) >= 11 is 5.92. The van der Waals surface area contributed by atoms with Crippen molar-refractivity contribution in [2.45, 2.75) is 11.5 Å². The average molecular weight is 381 g/mol. The van der Waals surface area contributed by atoms with E-state index in [2.05, 4.69) is 36.6 Å². The normalized spacial score (nSPS) is 11.9. The quantitative estimate of drug-likeness (QED) is 0.875. The van der Waals surface area contributed by atoms with Crippen LogP contribution in [0.15, 0.2) is 26.0 Å². The molecule has 0 aromatic heterocycles. The fraction of sp³-hybridized carbons (Fsp3) is 0.143. The first kappa shape index (κ1) is 13.8. The lowest BCUT2D eigenvalue weighted by Crippen LogP contribution is -2.15. The van der Waals surface area contributed by atoms with Gasteiger partial charge in [0.2, 0.25) is 10.0 Å². The zero-order chi connectivity index (χ0) is 12.5. The Bertz CT molecular complexity index is 507. The average Bonchev–Trinajstić information content (AvgIpc) is 2.06. The minimum atomic E-state index is -4.14. The predicted octanol–water partition coefficient (Wildman–Crippen LogP) is 2.46. The molecule has 90 valence electrons. The first-order valence-electron chi connectivity index (χ1n) is 3.68. The monoisotopic (exact) mass is 379 g/mol. The highest BCUT2D eigenvalue weighted by molar-refractivity contribution is 9.11. The van der Waals surface area contributed by atoms with Gasteiger partial charge in [0.25, 0.3) is 0 Å². The van der Waals surface area contributed by atoms with Crippen molar-refractivity contribution in [2.24, 2.45) is 5.14 Å². The Labute approximate surface area is 107 Å². The Morgan fingerprint density at radius 2 is 1.88 bits per heavy atom. The van der Waals surface area contributed by atoms with Crippen molar-refractivity contribution >= 4 is 41.9 Å². The highest BCUT2D eigenvalue weighted by Crippen LogP contribution is 2.36. The number of hydrogen-bond donors (Lipinski definition) is 1. The van der Waals surface area contributed by atoms with E-state index >= 15 is 0 Å². The van der Waals surface area contributed by atoms with Crippen molar-refractivity contribution in [1.82, 2.24) is 0 Å². The Morgan fingerprint density at radius 1 is 1.31 bits per heavy atom. The van der Waals surface area contributed by atoms with Crippen molar-refractivity contribution in [2.75, 3.05) is 0 Å². The molecule has 0 aliphatic rings. The van der Waals surface area contributed by atoms with Crippen LogP contribution in [0.1, 0.15) is 0 Å². The third-order valence-corrected chi connectivity index (χ3v) is 3.45. The van der Waals surface area contributed by atoms with Crippen molar-refractivity contribution in [1.29, 1.82) is 0 Å². The molecule has 0 saturated carbocycles. The van der Waals surface area contributed by atoms with Gasteiger partial charge < -0.3 is 4.74 Å². The van der Waals surface area contributed by atoms with Crippen LogP contribution >= 0.6 is 31.9 Å². The van der Waals surface area contributed by atoms with E-state index in [1.807, 2.05) is 0 Å². The van der Waals surface area contributed by atoms with Gasteiger partial charge in [-0.2, -0.15) is 8.78 Å². The summed E-state index contributed by atoms with van der Waals surface area (Å²) in [6.45, 7) is -3.14. The number of hydrogen-bond acceptors (Lipinski definition) is 3. The molecule has 0 fully saturated rings. The van der Waals surface area contributed by atoms with E-state index in [1.54, 1.807) is 0 Å². The minimum Gasteiger partial charge on any atom is -0.432 e. The molecule has 1 rings (SSSR count). The molecular formula is C7H5Br2F2NO3S. The smallest absolute Gasteiger partial charge is 0.387 e. The van der Waals surface area contributed by atoms with E-state index in [4.69, 9.17) is 5.14 Å². The molecular weight excluding hydrogens is 376 g/mol. The fourth-order valence-corrected chi connectivity index (χ4v) is 3.26. The van der Waals surface area contributed by atoms with Gasteiger partial charge in [0, 0.05) is 4.47 Å². The number of nitrogens with two attached hydrogens (primary N) is 1. The van der Waals surface area contributed by atoms with Crippen LogP contribution in [0.5, 0.6) is 5.75 Å². The second-order valence-electron chi connectivity index (χ2n) is 2.64. The number of rotatable bonds is 3. The molecule has 0 saturated heterocycles. The largest absolute Gasteiger partial charge is 0.432 e. The van der Waals surface area contributed by atoms with E-state index in [0.717, 1.165) is 6.07 Å². The van der Waals surface area contributed by atoms with Gasteiger partial charge in [-0.05, 0) is 28.1 Å². The molecule has 0 bridgehead atoms. The van der Waals surface area contributed by atoms with Crippen LogP contribution in [0.25, 0.3) is 0 Å². The molecule has 2 N–H and O–H groups in total. The second kappa shape index (κ2) is 4.94. The standard InChI is InChI=1S/C7H5Br2F2NO3S/c8-3-1-4(9)6(15-7(10)11)5(2-3)16(12,13)14/h1-2,7H,(H2,12,13,14). The highest BCUT2D eigenvalue weighted by Gasteiger charge is 2.21. The molecule has 16 heavy (non-hydrogen) atoms. The molecule has 0 spiro atoms. The lowest BCUT2D eigenvalue weighted by molar-refractivity contribution is -0.0522. The molecule has 9 heteroatoms. The Kier molecular flexibility index (Phi) is 4.27. The van der Waals surface area contributed by atoms with Crippen molar-refractivity contribution in [3.63, 3.8) is 0 Å². The van der Waals surface area contributed by atoms with Gasteiger partial charge in [-0.25, -0.2) is 13.6 Å². The molecule has 0 amide bonds. The van der Waals surface area contributed by atoms with Gasteiger partial charge in [0.15, 0.2) is 5.75 Å². The van der Waals surface area contributed by atoms with E-state index in [-0.39, 0.29) is 4.47 Å². The van der Waals surface area contributed by atoms with Gasteiger partial charge in [0.05, 0.1) is 4.47 Å². The van der Waals surface area contributed by atoms with Gasteiger partial charge in [-0.3, -0.25) is 0 Å². The van der Waals surface area contributed by atoms with E-state index in [9.17, 15) is 17.2 Å². The number of halogens is 4. The zero-order valence-electron chi connectivity index (χ0n) is 7.45. The molecule has 1 aromatic carbocycles. The summed E-state index contributed by atoms with van der Waals surface area (Å²) in [5.41, 5.74) is 0. The fourth-order valence-electron chi connectivity index (χ4n) is 0.952. The van der Waals surface area contributed by atoms with Crippen LogP contribution < -0.4 is 9.88 Å². The van der Waals surface area contributed by atoms with Gasteiger partial charge in [-0.1, -0.05) is 15.9 Å². The summed E-state index contributed by atoms with van der Waals surface area (Å²) < 4.78 is 51.0. The molecule has 0 unspecified atom stereocenters. The third-order valence-electron chi connectivity index (χ3n) is 1.49. The summed E-state index contributed by atoms with van der Waals surface area (Å²) in [5.74, 6) is -0.513. The molecule has 0 radical (unpaired) electrons. The van der Waals surface area contributed by atoms with Crippen molar-refractivity contribution < 1.29 is 21.9 Å². The van der Waals surface area contributed by atoms with Crippen molar-refractivity contribution in [3.05, 3.63) is 21.1 Å². The van der Waals surface area contributed by atoms with Gasteiger partial charge in [0.1, 0.15) is 4.90 Å². The Hall–Kier alpha value is -0.250. The van der Waals surface area contributed by atoms with E-state index in [1.165, 1.54) is 6.07 Å². The SMILES string of the molecule is NS(=O)(=O)c1cc(Br)cc(Br)c1OC(F)F. The molecule has 0 heterocycles. The molecule has 0 aliphatic heterocycles. The maximum absolute atomic E-state index is 12.1. The number of benzene rings is 1. The maximum atomic E-state index is 12.1. The van der Waals surface area contributed by atoms with Gasteiger partial charge >= 0.3 is 6.61 Å².